The second-order valence-electron chi connectivity index (χ2n) is 3.36. The third-order valence-electron chi connectivity index (χ3n) is 2.29. The minimum atomic E-state index is 0.389. The van der Waals surface area contributed by atoms with Gasteiger partial charge in [-0.3, -0.25) is 4.57 Å². The molecule has 0 atom stereocenters. The van der Waals surface area contributed by atoms with Crippen LogP contribution in [-0.2, 0) is 20.1 Å². The maximum Gasteiger partial charge on any atom is 0.224 e. The lowest BCUT2D eigenvalue weighted by atomic mass is 10.5. The van der Waals surface area contributed by atoms with Crippen LogP contribution in [0.5, 0.6) is 0 Å². The van der Waals surface area contributed by atoms with E-state index < -0.39 is 0 Å². The Morgan fingerprint density at radius 1 is 1.38 bits per heavy atom. The van der Waals surface area contributed by atoms with Crippen LogP contribution < -0.4 is 11.1 Å². The van der Waals surface area contributed by atoms with Crippen LogP contribution in [0.2, 0.25) is 0 Å². The number of nitrogens with one attached hydrogen (secondary N) is 1. The third kappa shape index (κ3) is 1.87. The Bertz CT molecular complexity index is 470. The van der Waals surface area contributed by atoms with E-state index in [2.05, 4.69) is 25.8 Å². The van der Waals surface area contributed by atoms with Crippen LogP contribution in [0.1, 0.15) is 11.5 Å². The van der Waals surface area contributed by atoms with Crippen LogP contribution in [0.3, 0.4) is 0 Å². The molecule has 0 aliphatic rings. The first-order valence-electron chi connectivity index (χ1n) is 4.89. The van der Waals surface area contributed by atoms with E-state index in [-0.39, 0.29) is 0 Å². The Labute approximate surface area is 92.5 Å². The second-order valence-corrected chi connectivity index (χ2v) is 3.36. The van der Waals surface area contributed by atoms with Gasteiger partial charge in [0.2, 0.25) is 5.95 Å². The molecule has 8 heteroatoms. The Kier molecular flexibility index (Phi) is 2.82. The van der Waals surface area contributed by atoms with Gasteiger partial charge in [-0.25, -0.2) is 4.68 Å². The van der Waals surface area contributed by atoms with E-state index in [1.165, 1.54) is 0 Å². The maximum atomic E-state index is 5.45. The fourth-order valence-electron chi connectivity index (χ4n) is 1.37. The van der Waals surface area contributed by atoms with Crippen molar-refractivity contribution < 1.29 is 0 Å². The van der Waals surface area contributed by atoms with E-state index in [0.29, 0.717) is 19.0 Å². The molecule has 2 rings (SSSR count). The molecule has 0 aliphatic carbocycles. The number of rotatable bonds is 4. The van der Waals surface area contributed by atoms with Gasteiger partial charge >= 0.3 is 0 Å². The highest BCUT2D eigenvalue weighted by atomic mass is 15.4. The van der Waals surface area contributed by atoms with Gasteiger partial charge in [-0.15, -0.1) is 15.3 Å². The van der Waals surface area contributed by atoms with Crippen molar-refractivity contribution in [1.29, 1.82) is 0 Å². The lowest BCUT2D eigenvalue weighted by Crippen LogP contribution is -2.08. The van der Waals surface area contributed by atoms with Crippen LogP contribution in [0.15, 0.2) is 6.20 Å². The zero-order chi connectivity index (χ0) is 11.5. The molecule has 0 unspecified atom stereocenters. The lowest BCUT2D eigenvalue weighted by Gasteiger charge is -2.02. The monoisotopic (exact) mass is 222 g/mol. The number of nitrogens with zero attached hydrogens (tertiary/aromatic N) is 6. The Morgan fingerprint density at radius 3 is 2.75 bits per heavy atom. The van der Waals surface area contributed by atoms with Crippen molar-refractivity contribution in [3.63, 3.8) is 0 Å². The van der Waals surface area contributed by atoms with Crippen molar-refractivity contribution in [1.82, 2.24) is 29.8 Å². The highest BCUT2D eigenvalue weighted by Crippen LogP contribution is 2.05. The van der Waals surface area contributed by atoms with Crippen molar-refractivity contribution in [3.05, 3.63) is 17.7 Å². The summed E-state index contributed by atoms with van der Waals surface area (Å²) < 4.78 is 3.55. The topological polar surface area (TPSA) is 99.5 Å². The van der Waals surface area contributed by atoms with Gasteiger partial charge in [0, 0.05) is 20.6 Å². The van der Waals surface area contributed by atoms with Crippen molar-refractivity contribution in [2.45, 2.75) is 13.1 Å². The van der Waals surface area contributed by atoms with Crippen molar-refractivity contribution in [3.8, 4) is 0 Å². The van der Waals surface area contributed by atoms with Gasteiger partial charge in [0.15, 0.2) is 5.82 Å². The molecule has 2 heterocycles. The third-order valence-corrected chi connectivity index (χ3v) is 2.29. The number of hydrogen-bond donors (Lipinski definition) is 2. The average Bonchev–Trinajstić information content (AvgIpc) is 2.88. The van der Waals surface area contributed by atoms with Gasteiger partial charge in [-0.2, -0.15) is 0 Å². The van der Waals surface area contributed by atoms with Crippen LogP contribution in [0.25, 0.3) is 0 Å². The zero-order valence-electron chi connectivity index (χ0n) is 9.25. The second kappa shape index (κ2) is 4.27. The molecule has 0 aromatic carbocycles. The minimum Gasteiger partial charge on any atom is -0.357 e. The summed E-state index contributed by atoms with van der Waals surface area (Å²) in [5.41, 5.74) is 6.21. The average molecular weight is 222 g/mol. The first kappa shape index (κ1) is 10.6. The number of aromatic nitrogens is 6. The summed E-state index contributed by atoms with van der Waals surface area (Å²) in [5.74, 6) is 1.52. The standard InChI is InChI=1S/C8H14N8/c1-10-8-13-12-7(15(8)2)5-16-4-6(3-9)11-14-16/h4H,3,5,9H2,1-2H3,(H,10,13). The molecular formula is C8H14N8. The highest BCUT2D eigenvalue weighted by Gasteiger charge is 2.08. The van der Waals surface area contributed by atoms with Gasteiger partial charge in [0.25, 0.3) is 0 Å². The van der Waals surface area contributed by atoms with Crippen LogP contribution in [-0.4, -0.2) is 36.8 Å². The first-order valence-corrected chi connectivity index (χ1v) is 4.89. The SMILES string of the molecule is CNc1nnc(Cn2cc(CN)nn2)n1C. The van der Waals surface area contributed by atoms with Crippen molar-refractivity contribution in [2.75, 3.05) is 12.4 Å². The molecule has 2 aromatic rings. The molecule has 16 heavy (non-hydrogen) atoms. The van der Waals surface area contributed by atoms with Gasteiger partial charge in [-0.1, -0.05) is 5.21 Å². The summed E-state index contributed by atoms with van der Waals surface area (Å²) in [5, 5.41) is 18.8. The number of anilines is 1. The summed E-state index contributed by atoms with van der Waals surface area (Å²) in [6.07, 6.45) is 1.80. The van der Waals surface area contributed by atoms with E-state index in [9.17, 15) is 0 Å². The quantitative estimate of drug-likeness (QED) is 0.685. The van der Waals surface area contributed by atoms with Crippen molar-refractivity contribution >= 4 is 5.95 Å². The molecule has 0 spiro atoms. The smallest absolute Gasteiger partial charge is 0.224 e. The maximum absolute atomic E-state index is 5.45. The van der Waals surface area contributed by atoms with E-state index in [4.69, 9.17) is 5.73 Å². The van der Waals surface area contributed by atoms with Gasteiger partial charge in [-0.05, 0) is 0 Å². The number of hydrogen-bond acceptors (Lipinski definition) is 6. The Morgan fingerprint density at radius 2 is 2.19 bits per heavy atom. The summed E-state index contributed by atoms with van der Waals surface area (Å²) in [7, 11) is 3.69. The highest BCUT2D eigenvalue weighted by molar-refractivity contribution is 5.23. The summed E-state index contributed by atoms with van der Waals surface area (Å²) in [4.78, 5) is 0. The van der Waals surface area contributed by atoms with Crippen LogP contribution in [0, 0.1) is 0 Å². The van der Waals surface area contributed by atoms with Crippen LogP contribution >= 0.6 is 0 Å². The molecular weight excluding hydrogens is 208 g/mol. The summed E-state index contributed by atoms with van der Waals surface area (Å²) in [6.45, 7) is 0.915. The molecule has 2 aromatic heterocycles. The zero-order valence-corrected chi connectivity index (χ0v) is 9.25. The lowest BCUT2D eigenvalue weighted by molar-refractivity contribution is 0.606. The van der Waals surface area contributed by atoms with E-state index in [0.717, 1.165) is 11.5 Å². The largest absolute Gasteiger partial charge is 0.357 e. The predicted molar refractivity (Wildman–Crippen MR) is 57.6 cm³/mol. The molecule has 0 fully saturated rings. The predicted octanol–water partition coefficient (Wildman–Crippen LogP) is -1.04. The molecule has 0 amide bonds. The van der Waals surface area contributed by atoms with E-state index in [1.807, 2.05) is 11.6 Å². The molecule has 0 saturated heterocycles. The van der Waals surface area contributed by atoms with Gasteiger partial charge < -0.3 is 11.1 Å². The molecule has 3 N–H and O–H groups in total. The molecule has 86 valence electrons. The normalized spacial score (nSPS) is 10.7. The fourth-order valence-corrected chi connectivity index (χ4v) is 1.37. The first-order chi connectivity index (χ1) is 7.74. The fraction of sp³-hybridized carbons (Fsp3) is 0.500. The minimum absolute atomic E-state index is 0.389. The van der Waals surface area contributed by atoms with E-state index >= 15 is 0 Å². The molecule has 8 nitrogen and oxygen atoms in total. The molecule has 0 bridgehead atoms. The van der Waals surface area contributed by atoms with Crippen molar-refractivity contribution in [2.24, 2.45) is 12.8 Å². The van der Waals surface area contributed by atoms with Gasteiger partial charge in [0.05, 0.1) is 11.9 Å². The molecule has 0 aliphatic heterocycles. The Hall–Kier alpha value is -1.96. The summed E-state index contributed by atoms with van der Waals surface area (Å²) >= 11 is 0. The van der Waals surface area contributed by atoms with E-state index in [1.54, 1.807) is 17.9 Å². The van der Waals surface area contributed by atoms with Crippen LogP contribution in [0.4, 0.5) is 5.95 Å². The molecule has 0 radical (unpaired) electrons. The summed E-state index contributed by atoms with van der Waals surface area (Å²) in [6, 6.07) is 0. The molecule has 0 saturated carbocycles. The number of nitrogens with two attached hydrogens (primary N) is 1. The van der Waals surface area contributed by atoms with Gasteiger partial charge in [0.1, 0.15) is 6.54 Å². The Balaban J connectivity index is 2.17.